The molecule has 1 aromatic rings. The van der Waals surface area contributed by atoms with Gasteiger partial charge in [-0.15, -0.1) is 12.4 Å². The SMILES string of the molecule is CCNCCNC(=O)c1cc(C)c(CC)o1.Cl. The highest BCUT2D eigenvalue weighted by molar-refractivity contribution is 5.91. The van der Waals surface area contributed by atoms with Gasteiger partial charge in [0.1, 0.15) is 5.76 Å². The van der Waals surface area contributed by atoms with Crippen LogP contribution in [-0.4, -0.2) is 25.5 Å². The number of nitrogens with one attached hydrogen (secondary N) is 2. The summed E-state index contributed by atoms with van der Waals surface area (Å²) in [5, 5.41) is 5.94. The van der Waals surface area contributed by atoms with Gasteiger partial charge in [0.25, 0.3) is 5.91 Å². The second-order valence-corrected chi connectivity index (χ2v) is 3.68. The molecule has 17 heavy (non-hydrogen) atoms. The first kappa shape index (κ1) is 16.0. The standard InChI is InChI=1S/C12H20N2O2.ClH/c1-4-10-9(3)8-11(16-10)12(15)14-7-6-13-5-2;/h8,13H,4-7H2,1-3H3,(H,14,15);1H. The molecule has 4 nitrogen and oxygen atoms in total. The summed E-state index contributed by atoms with van der Waals surface area (Å²) in [4.78, 5) is 11.7. The van der Waals surface area contributed by atoms with Crippen LogP contribution in [0.15, 0.2) is 10.5 Å². The molecule has 1 aromatic heterocycles. The predicted molar refractivity (Wildman–Crippen MR) is 70.9 cm³/mol. The van der Waals surface area contributed by atoms with E-state index in [1.165, 1.54) is 0 Å². The summed E-state index contributed by atoms with van der Waals surface area (Å²) in [5.74, 6) is 1.16. The summed E-state index contributed by atoms with van der Waals surface area (Å²) < 4.78 is 5.45. The zero-order valence-electron chi connectivity index (χ0n) is 10.6. The monoisotopic (exact) mass is 260 g/mol. The van der Waals surface area contributed by atoms with Crippen molar-refractivity contribution in [3.8, 4) is 0 Å². The fraction of sp³-hybridized carbons (Fsp3) is 0.583. The average molecular weight is 261 g/mol. The van der Waals surface area contributed by atoms with Crippen molar-refractivity contribution in [2.45, 2.75) is 27.2 Å². The zero-order chi connectivity index (χ0) is 12.0. The van der Waals surface area contributed by atoms with Crippen LogP contribution in [0.3, 0.4) is 0 Å². The Hall–Kier alpha value is -1.00. The molecule has 0 saturated carbocycles. The number of carbonyl (C=O) groups is 1. The highest BCUT2D eigenvalue weighted by atomic mass is 35.5. The van der Waals surface area contributed by atoms with E-state index in [9.17, 15) is 4.79 Å². The number of halogens is 1. The van der Waals surface area contributed by atoms with Gasteiger partial charge in [-0.2, -0.15) is 0 Å². The summed E-state index contributed by atoms with van der Waals surface area (Å²) in [6.07, 6.45) is 0.816. The number of amides is 1. The Bertz CT molecular complexity index is 350. The molecule has 5 heteroatoms. The normalized spacial score (nSPS) is 9.82. The number of likely N-dealkylation sites (N-methyl/N-ethyl adjacent to an activating group) is 1. The first-order valence-electron chi connectivity index (χ1n) is 5.77. The van der Waals surface area contributed by atoms with E-state index in [1.54, 1.807) is 6.07 Å². The van der Waals surface area contributed by atoms with Crippen LogP contribution in [0.4, 0.5) is 0 Å². The molecule has 2 N–H and O–H groups in total. The Labute approximate surface area is 109 Å². The lowest BCUT2D eigenvalue weighted by atomic mass is 10.2. The Morgan fingerprint density at radius 3 is 2.59 bits per heavy atom. The van der Waals surface area contributed by atoms with E-state index in [4.69, 9.17) is 4.42 Å². The van der Waals surface area contributed by atoms with Crippen molar-refractivity contribution in [1.82, 2.24) is 10.6 Å². The number of furan rings is 1. The van der Waals surface area contributed by atoms with Crippen LogP contribution in [0, 0.1) is 6.92 Å². The van der Waals surface area contributed by atoms with E-state index >= 15 is 0 Å². The van der Waals surface area contributed by atoms with Crippen molar-refractivity contribution in [3.63, 3.8) is 0 Å². The summed E-state index contributed by atoms with van der Waals surface area (Å²) in [5.41, 5.74) is 1.04. The molecular weight excluding hydrogens is 240 g/mol. The van der Waals surface area contributed by atoms with Crippen LogP contribution >= 0.6 is 12.4 Å². The molecular formula is C12H21ClN2O2. The first-order chi connectivity index (χ1) is 7.69. The second-order valence-electron chi connectivity index (χ2n) is 3.68. The van der Waals surface area contributed by atoms with Crippen molar-refractivity contribution in [3.05, 3.63) is 23.2 Å². The molecule has 0 aliphatic heterocycles. The second kappa shape index (κ2) is 8.14. The molecule has 0 atom stereocenters. The van der Waals surface area contributed by atoms with Gasteiger partial charge in [0.05, 0.1) is 0 Å². The van der Waals surface area contributed by atoms with Gasteiger partial charge in [-0.25, -0.2) is 0 Å². The summed E-state index contributed by atoms with van der Waals surface area (Å²) in [6, 6.07) is 1.79. The van der Waals surface area contributed by atoms with E-state index in [-0.39, 0.29) is 18.3 Å². The molecule has 1 amide bonds. The highest BCUT2D eigenvalue weighted by Crippen LogP contribution is 2.14. The molecule has 0 aliphatic carbocycles. The molecule has 0 fully saturated rings. The molecule has 0 aromatic carbocycles. The van der Waals surface area contributed by atoms with Crippen molar-refractivity contribution in [2.24, 2.45) is 0 Å². The number of rotatable bonds is 6. The van der Waals surface area contributed by atoms with Crippen LogP contribution in [0.25, 0.3) is 0 Å². The summed E-state index contributed by atoms with van der Waals surface area (Å²) >= 11 is 0. The van der Waals surface area contributed by atoms with E-state index in [2.05, 4.69) is 10.6 Å². The van der Waals surface area contributed by atoms with Crippen molar-refractivity contribution in [2.75, 3.05) is 19.6 Å². The molecule has 98 valence electrons. The Morgan fingerprint density at radius 1 is 1.35 bits per heavy atom. The van der Waals surface area contributed by atoms with Crippen LogP contribution in [-0.2, 0) is 6.42 Å². The molecule has 0 radical (unpaired) electrons. The fourth-order valence-electron chi connectivity index (χ4n) is 1.51. The lowest BCUT2D eigenvalue weighted by Crippen LogP contribution is -2.31. The third-order valence-corrected chi connectivity index (χ3v) is 2.40. The minimum atomic E-state index is -0.138. The third kappa shape index (κ3) is 4.79. The van der Waals surface area contributed by atoms with Gasteiger partial charge in [0, 0.05) is 19.5 Å². The summed E-state index contributed by atoms with van der Waals surface area (Å²) in [7, 11) is 0. The van der Waals surface area contributed by atoms with Crippen molar-refractivity contribution < 1.29 is 9.21 Å². The van der Waals surface area contributed by atoms with Gasteiger partial charge in [-0.05, 0) is 25.1 Å². The van der Waals surface area contributed by atoms with Gasteiger partial charge in [-0.1, -0.05) is 13.8 Å². The molecule has 1 rings (SSSR count). The number of aryl methyl sites for hydroxylation is 2. The largest absolute Gasteiger partial charge is 0.456 e. The minimum absolute atomic E-state index is 0. The van der Waals surface area contributed by atoms with Crippen molar-refractivity contribution in [1.29, 1.82) is 0 Å². The highest BCUT2D eigenvalue weighted by Gasteiger charge is 2.12. The topological polar surface area (TPSA) is 54.3 Å². The van der Waals surface area contributed by atoms with Crippen molar-refractivity contribution >= 4 is 18.3 Å². The Morgan fingerprint density at radius 2 is 2.06 bits per heavy atom. The molecule has 0 unspecified atom stereocenters. The maximum atomic E-state index is 11.7. The Kier molecular flexibility index (Phi) is 7.66. The van der Waals surface area contributed by atoms with E-state index < -0.39 is 0 Å². The number of carbonyl (C=O) groups excluding carboxylic acids is 1. The van der Waals surface area contributed by atoms with Gasteiger partial charge in [0.2, 0.25) is 0 Å². The molecule has 1 heterocycles. The number of hydrogen-bond donors (Lipinski definition) is 2. The van der Waals surface area contributed by atoms with E-state index in [1.807, 2.05) is 20.8 Å². The molecule has 0 aliphatic rings. The summed E-state index contributed by atoms with van der Waals surface area (Å²) in [6.45, 7) is 8.31. The molecule has 0 spiro atoms. The lowest BCUT2D eigenvalue weighted by Gasteiger charge is -2.03. The lowest BCUT2D eigenvalue weighted by molar-refractivity contribution is 0.0924. The van der Waals surface area contributed by atoms with Crippen LogP contribution in [0.2, 0.25) is 0 Å². The van der Waals surface area contributed by atoms with E-state index in [0.717, 1.165) is 30.8 Å². The minimum Gasteiger partial charge on any atom is -0.456 e. The average Bonchev–Trinajstić information content (AvgIpc) is 2.66. The zero-order valence-corrected chi connectivity index (χ0v) is 11.4. The van der Waals surface area contributed by atoms with Crippen LogP contribution in [0.5, 0.6) is 0 Å². The Balaban J connectivity index is 0.00000256. The predicted octanol–water partition coefficient (Wildman–Crippen LogP) is 1.91. The molecule has 0 bridgehead atoms. The van der Waals surface area contributed by atoms with E-state index in [0.29, 0.717) is 12.3 Å². The van der Waals surface area contributed by atoms with Gasteiger partial charge in [-0.3, -0.25) is 4.79 Å². The third-order valence-electron chi connectivity index (χ3n) is 2.40. The van der Waals surface area contributed by atoms with Crippen LogP contribution < -0.4 is 10.6 Å². The van der Waals surface area contributed by atoms with Gasteiger partial charge >= 0.3 is 0 Å². The maximum Gasteiger partial charge on any atom is 0.287 e. The quantitative estimate of drug-likeness (QED) is 0.769. The maximum absolute atomic E-state index is 11.7. The number of hydrogen-bond acceptors (Lipinski definition) is 3. The molecule has 0 saturated heterocycles. The van der Waals surface area contributed by atoms with Gasteiger partial charge < -0.3 is 15.1 Å². The first-order valence-corrected chi connectivity index (χ1v) is 5.77. The smallest absolute Gasteiger partial charge is 0.287 e. The fourth-order valence-corrected chi connectivity index (χ4v) is 1.51. The van der Waals surface area contributed by atoms with Crippen LogP contribution in [0.1, 0.15) is 35.7 Å². The van der Waals surface area contributed by atoms with Gasteiger partial charge in [0.15, 0.2) is 5.76 Å².